The van der Waals surface area contributed by atoms with Gasteiger partial charge in [-0.15, -0.1) is 10.2 Å². The van der Waals surface area contributed by atoms with Crippen molar-refractivity contribution < 1.29 is 138 Å². The zero-order valence-electron chi connectivity index (χ0n) is 67.0. The van der Waals surface area contributed by atoms with Crippen molar-refractivity contribution in [3.63, 3.8) is 0 Å². The quantitative estimate of drug-likeness (QED) is 0.0796. The van der Waals surface area contributed by atoms with Gasteiger partial charge in [0.05, 0.1) is 88.1 Å². The summed E-state index contributed by atoms with van der Waals surface area (Å²) in [5.41, 5.74) is 33.9. The van der Waals surface area contributed by atoms with Gasteiger partial charge < -0.3 is 124 Å². The Hall–Kier alpha value is -7.91. The third-order valence-corrected chi connectivity index (χ3v) is 31.1. The summed E-state index contributed by atoms with van der Waals surface area (Å²) >= 11 is 30.8. The van der Waals surface area contributed by atoms with Crippen LogP contribution in [0.3, 0.4) is 0 Å². The Kier molecular flexibility index (Phi) is 25.8. The lowest BCUT2D eigenvalue weighted by molar-refractivity contribution is -0.118. The predicted octanol–water partition coefficient (Wildman–Crippen LogP) is 0.491. The van der Waals surface area contributed by atoms with Crippen LogP contribution in [0.1, 0.15) is 43.8 Å². The van der Waals surface area contributed by atoms with E-state index < -0.39 is 231 Å². The number of fused-ring (bicyclic) bond motifs is 15. The topological polar surface area (TPSA) is 752 Å². The van der Waals surface area contributed by atoms with Crippen LogP contribution in [0.4, 0.5) is 61.2 Å². The van der Waals surface area contributed by atoms with Crippen molar-refractivity contribution in [2.75, 3.05) is 74.0 Å². The number of aromatic amines is 3. The predicted molar refractivity (Wildman–Crippen MR) is 466 cm³/mol. The number of halogens is 6. The Labute approximate surface area is 774 Å². The minimum atomic E-state index is -4.62. The molecule has 726 valence electrons. The molecule has 9 saturated heterocycles. The molecule has 9 fully saturated rings. The van der Waals surface area contributed by atoms with Gasteiger partial charge >= 0.3 is 46.2 Å². The zero-order chi connectivity index (χ0) is 95.6. The highest BCUT2D eigenvalue weighted by atomic mass is 32.5. The van der Waals surface area contributed by atoms with Crippen molar-refractivity contribution in [3.8, 4) is 0 Å². The fourth-order valence-electron chi connectivity index (χ4n) is 15.7. The van der Waals surface area contributed by atoms with Crippen molar-refractivity contribution in [3.05, 3.63) is 93.2 Å². The normalized spacial score (nSPS) is 37.0. The second kappa shape index (κ2) is 36.3. The largest absolute Gasteiger partial charge is 0.397 e. The molecule has 6 bridgehead atoms. The van der Waals surface area contributed by atoms with Gasteiger partial charge in [0.15, 0.2) is 125 Å². The number of imidazole rings is 4. The van der Waals surface area contributed by atoms with Crippen molar-refractivity contribution in [1.29, 1.82) is 0 Å². The molecular weight excluding hydrogens is 2060 g/mol. The molecule has 0 radical (unpaired) electrons. The Morgan fingerprint density at radius 1 is 0.370 bits per heavy atom. The van der Waals surface area contributed by atoms with Crippen molar-refractivity contribution in [1.82, 2.24) is 113 Å². The second-order valence-electron chi connectivity index (χ2n) is 30.4. The molecule has 9 aliphatic heterocycles. The van der Waals surface area contributed by atoms with E-state index in [0.717, 1.165) is 20.3 Å². The molecule has 0 spiro atoms. The third kappa shape index (κ3) is 18.7. The monoisotopic (exact) mass is 2130 g/mol. The van der Waals surface area contributed by atoms with E-state index in [1.807, 2.05) is 0 Å². The summed E-state index contributed by atoms with van der Waals surface area (Å²) in [6.45, 7) is -30.2. The summed E-state index contributed by atoms with van der Waals surface area (Å²) in [6, 6.07) is 4.55. The van der Waals surface area contributed by atoms with Crippen molar-refractivity contribution in [2.24, 2.45) is 0 Å². The minimum absolute atomic E-state index is 0.0270. The number of aromatic nitrogens is 23. The number of pyridine rings is 3. The number of nitrogens with one attached hydrogen (secondary N) is 3. The highest BCUT2D eigenvalue weighted by Gasteiger charge is 2.64. The smallest absolute Gasteiger partial charge is 0.325 e. The van der Waals surface area contributed by atoms with E-state index >= 15 is 26.3 Å². The second-order valence-corrected chi connectivity index (χ2v) is 47.2. The number of anilines is 6. The van der Waals surface area contributed by atoms with Crippen molar-refractivity contribution >= 4 is 213 Å². The summed E-state index contributed by atoms with van der Waals surface area (Å²) in [5, 5.41) is 15.3. The van der Waals surface area contributed by atoms with Crippen molar-refractivity contribution in [2.45, 2.75) is 148 Å². The first kappa shape index (κ1) is 96.0. The summed E-state index contributed by atoms with van der Waals surface area (Å²) in [4.78, 5) is 150. The number of rotatable bonds is 6. The molecule has 56 nitrogen and oxygen atoms in total. The van der Waals surface area contributed by atoms with Gasteiger partial charge in [-0.3, -0.25) is 70.2 Å². The van der Waals surface area contributed by atoms with Crippen LogP contribution >= 0.6 is 40.3 Å². The third-order valence-electron chi connectivity index (χ3n) is 21.7. The minimum Gasteiger partial charge on any atom is -0.397 e. The van der Waals surface area contributed by atoms with Gasteiger partial charge in [-0.05, 0) is 89.0 Å². The molecular formula is C61H67F6N29O27P6S6. The Morgan fingerprint density at radius 3 is 1.16 bits per heavy atom. The van der Waals surface area contributed by atoms with Crippen LogP contribution in [0.5, 0.6) is 0 Å². The first-order valence-electron chi connectivity index (χ1n) is 38.8. The summed E-state index contributed by atoms with van der Waals surface area (Å²) < 4.78 is 203. The number of H-pyrrole nitrogens is 3. The van der Waals surface area contributed by atoms with E-state index in [1.165, 1.54) is 63.4 Å². The number of alkyl halides is 6. The molecule has 12 aromatic rings. The van der Waals surface area contributed by atoms with Crippen LogP contribution in [0.15, 0.2) is 76.5 Å². The average Bonchev–Trinajstić information content (AvgIpc) is 1.60. The van der Waals surface area contributed by atoms with Crippen LogP contribution in [-0.4, -0.2) is 286 Å². The number of nitrogen functional groups attached to an aromatic ring is 6. The lowest BCUT2D eigenvalue weighted by Crippen LogP contribution is -2.42. The van der Waals surface area contributed by atoms with Gasteiger partial charge in [-0.1, -0.05) is 10.4 Å². The van der Waals surface area contributed by atoms with E-state index in [0.29, 0.717) is 11.2 Å². The Balaban J connectivity index is 0.000000130. The Bertz CT molecular complexity index is 7170. The lowest BCUT2D eigenvalue weighted by Gasteiger charge is -2.28. The van der Waals surface area contributed by atoms with E-state index in [4.69, 9.17) is 188 Å². The van der Waals surface area contributed by atoms with Gasteiger partial charge in [0, 0.05) is 25.0 Å². The zero-order valence-corrected chi connectivity index (χ0v) is 77.3. The number of nitrogens with two attached hydrogens (primary N) is 6. The number of ether oxygens (including phenoxy) is 6. The van der Waals surface area contributed by atoms with Gasteiger partial charge in [0.2, 0.25) is 17.8 Å². The number of hydrogen-bond acceptors (Lipinski definition) is 47. The molecule has 0 amide bonds. The van der Waals surface area contributed by atoms with Gasteiger partial charge in [0.1, 0.15) is 71.5 Å². The molecule has 0 aliphatic carbocycles. The van der Waals surface area contributed by atoms with Gasteiger partial charge in [-0.25, -0.2) is 61.2 Å². The van der Waals surface area contributed by atoms with E-state index in [9.17, 15) is 43.7 Å². The standard InChI is InChI=1S/C21H22F3N9O9P2S2.C20H22F2N10O9P2S2.C20H23FN10O9P2S2/c22-10-13-8(39-18(10)32-5-28-11-7(25)1-2-27-15(11)32)3-37-44(36,46)42-14-19(33-6-29-12-16(33)30-20(26)31-17(12)34)40-9(21(14,23)24)4-38-43(35,45)41-13;21-9-7-3-36-42(34,44)40-13-8(39-18(10(13)22)31-5-26-11-6(23)1-2-25-15(11)31)4-37-43(35,45)41-14(9)19(38-7)32-16-12(29-30-32)17(33)28-20(24)27-16;21-11-14-10(38-19(11)30-6-25-12-8(22)1-2-24-15(12)30)5-36-41(33,43)39-9-3-7(4-35-42(34,44)40-14)37-18(9)31-16-13(28-29-31)17(32)27-20(23)26-16/h1-2,5-6,8-10,13-14,18-19H,3-4H2,(H2,25,27)(H,35,45)(H,36,46)(H3,26,30,31,34);1-2,5,7-10,13-14,18-19H,3-4H2,(H2,23,25)(H,34,44)(H,35,45)(H3,24,27,28,33);1-2,6-7,9-11,14,18-19H,3-5H2,(H2,22,24)(H,33,43)(H,34,44)(H3,23,26,27,32)/t8-,9-,10+,13-,14+,18-,19-,43?,44?;7-,8-,9+,10+,13-,14-,18-,19-,42?,43?;7-,9+,10+,11-,14+,18+,19+,41?,42?/m110/s1. The molecule has 28 atom stereocenters. The maximum atomic E-state index is 16.0. The maximum absolute atomic E-state index is 16.0. The first-order valence-corrected chi connectivity index (χ1v) is 54.4. The molecule has 74 heteroatoms. The molecule has 21 rings (SSSR count). The van der Waals surface area contributed by atoms with E-state index in [-0.39, 0.29) is 104 Å². The highest BCUT2D eigenvalue weighted by molar-refractivity contribution is 8.08. The molecule has 9 aliphatic rings. The van der Waals surface area contributed by atoms with Gasteiger partial charge in [0.25, 0.3) is 16.7 Å². The van der Waals surface area contributed by atoms with Crippen LogP contribution in [-0.2, 0) is 154 Å². The summed E-state index contributed by atoms with van der Waals surface area (Å²) in [6.07, 6.45) is -26.7. The molecule has 135 heavy (non-hydrogen) atoms. The molecule has 0 aromatic carbocycles. The fourth-order valence-corrected chi connectivity index (χ4v) is 24.3. The first-order chi connectivity index (χ1) is 63.9. The molecule has 0 saturated carbocycles. The summed E-state index contributed by atoms with van der Waals surface area (Å²) in [5.74, 6) is -4.85. The molecule has 21 heterocycles. The average molecular weight is 2130 g/mol. The molecule has 6 unspecified atom stereocenters. The molecule has 12 aromatic heterocycles. The van der Waals surface area contributed by atoms with E-state index in [1.54, 1.807) is 6.07 Å². The summed E-state index contributed by atoms with van der Waals surface area (Å²) in [7, 11) is 0. The Morgan fingerprint density at radius 2 is 0.719 bits per heavy atom. The van der Waals surface area contributed by atoms with Crippen LogP contribution < -0.4 is 51.1 Å². The van der Waals surface area contributed by atoms with Crippen LogP contribution in [0.25, 0.3) is 67.0 Å². The van der Waals surface area contributed by atoms with Crippen LogP contribution in [0, 0.1) is 0 Å². The molecule has 21 N–H and O–H groups in total. The fraction of sp³-hybridized carbons (Fsp3) is 0.492. The van der Waals surface area contributed by atoms with E-state index in [2.05, 4.69) is 85.4 Å². The number of nitrogens with zero attached hydrogens (tertiary/aromatic N) is 20. The van der Waals surface area contributed by atoms with Crippen LogP contribution in [0.2, 0.25) is 0 Å². The number of hydrogen-bond donors (Lipinski definition) is 15. The van der Waals surface area contributed by atoms with Gasteiger partial charge in [-0.2, -0.15) is 24.3 Å². The maximum Gasteiger partial charge on any atom is 0.325 e. The highest BCUT2D eigenvalue weighted by Crippen LogP contribution is 2.61. The SMILES string of the molecule is Nc1nc2c(ncn2[C@@H]2O[C@@H]3COP(O)(=S)O[C@H]4[C@H](F)[C@H](n5cnc6c(N)ccnc65)O[C@@H]4COP(O)(=S)O[C@@H]2C3(F)F)c(=O)[nH]1.Nc1nc2c(nnn2[C@@H]2O[C@@H]3COP(O)(=S)O[C@H]4[C@H](F)[C@H](n5cnc6c(N)ccnc65)O[C@@H]4COP(O)(=S)O[C@@H]2C3)c(=O)[nH]1.Nc1nc2c(nnn2[C@@H]2O[C@@H]3COP(O)(=S)O[C@H]4[C@H](F)[C@H](n5cnc6c(N)ccnc65)O[C@@H]4COP(O)(=S)O[C@@H]2[C@H]3F)c(=O)[nH]1. The lowest BCUT2D eigenvalue weighted by atomic mass is 10.1.